The quantitative estimate of drug-likeness (QED) is 0.596. The van der Waals surface area contributed by atoms with Crippen molar-refractivity contribution >= 4 is 5.97 Å². The fourth-order valence-corrected chi connectivity index (χ4v) is 1.50. The maximum Gasteiger partial charge on any atom is 0.320 e. The fraction of sp³-hybridized carbons (Fsp3) is 0.875. The van der Waals surface area contributed by atoms with E-state index in [4.69, 9.17) is 5.11 Å². The molecular weight excluding hydrogens is 142 g/mol. The molecule has 0 amide bonds. The largest absolute Gasteiger partial charge is 0.480 e. The van der Waals surface area contributed by atoms with E-state index in [9.17, 15) is 4.79 Å². The van der Waals surface area contributed by atoms with Gasteiger partial charge in [-0.2, -0.15) is 0 Å². The zero-order valence-corrected chi connectivity index (χ0v) is 6.84. The van der Waals surface area contributed by atoms with Crippen molar-refractivity contribution in [1.29, 1.82) is 0 Å². The molecule has 2 atom stereocenters. The van der Waals surface area contributed by atoms with Crippen LogP contribution in [0.5, 0.6) is 0 Å². The SMILES string of the molecule is CC1CCCC[C@@H](C(=O)O)N1. The second-order valence-corrected chi connectivity index (χ2v) is 3.24. The molecule has 0 saturated carbocycles. The summed E-state index contributed by atoms with van der Waals surface area (Å²) in [6, 6.07) is 0.0473. The highest BCUT2D eigenvalue weighted by Gasteiger charge is 2.21. The fourth-order valence-electron chi connectivity index (χ4n) is 1.50. The van der Waals surface area contributed by atoms with Gasteiger partial charge < -0.3 is 10.4 Å². The first kappa shape index (κ1) is 8.53. The van der Waals surface area contributed by atoms with Gasteiger partial charge in [-0.1, -0.05) is 12.8 Å². The Labute approximate surface area is 66.8 Å². The summed E-state index contributed by atoms with van der Waals surface area (Å²) < 4.78 is 0. The van der Waals surface area contributed by atoms with Gasteiger partial charge in [0.05, 0.1) is 0 Å². The van der Waals surface area contributed by atoms with Crippen LogP contribution in [0.4, 0.5) is 0 Å². The summed E-state index contributed by atoms with van der Waals surface area (Å²) in [6.45, 7) is 2.04. The third-order valence-corrected chi connectivity index (χ3v) is 2.16. The van der Waals surface area contributed by atoms with Gasteiger partial charge in [0.25, 0.3) is 0 Å². The molecule has 1 heterocycles. The van der Waals surface area contributed by atoms with Gasteiger partial charge in [0, 0.05) is 6.04 Å². The second-order valence-electron chi connectivity index (χ2n) is 3.24. The predicted molar refractivity (Wildman–Crippen MR) is 42.5 cm³/mol. The van der Waals surface area contributed by atoms with Gasteiger partial charge in [-0.05, 0) is 19.8 Å². The van der Waals surface area contributed by atoms with Gasteiger partial charge in [-0.15, -0.1) is 0 Å². The van der Waals surface area contributed by atoms with E-state index in [0.717, 1.165) is 25.7 Å². The summed E-state index contributed by atoms with van der Waals surface area (Å²) in [7, 11) is 0. The number of hydrogen-bond acceptors (Lipinski definition) is 2. The molecule has 1 aliphatic heterocycles. The standard InChI is InChI=1S/C8H15NO2/c1-6-4-2-3-5-7(9-6)8(10)11/h6-7,9H,2-5H2,1H3,(H,10,11)/t6?,7-/m0/s1. The highest BCUT2D eigenvalue weighted by Crippen LogP contribution is 2.12. The highest BCUT2D eigenvalue weighted by molar-refractivity contribution is 5.73. The average molecular weight is 157 g/mol. The number of hydrogen-bond donors (Lipinski definition) is 2. The molecule has 0 spiro atoms. The Morgan fingerprint density at radius 3 is 2.73 bits per heavy atom. The Morgan fingerprint density at radius 2 is 2.09 bits per heavy atom. The molecule has 11 heavy (non-hydrogen) atoms. The van der Waals surface area contributed by atoms with Crippen LogP contribution in [0.3, 0.4) is 0 Å². The number of nitrogens with one attached hydrogen (secondary N) is 1. The van der Waals surface area contributed by atoms with Crippen molar-refractivity contribution in [3.8, 4) is 0 Å². The Bertz CT molecular complexity index is 147. The Kier molecular flexibility index (Phi) is 2.88. The van der Waals surface area contributed by atoms with E-state index in [1.54, 1.807) is 0 Å². The highest BCUT2D eigenvalue weighted by atomic mass is 16.4. The zero-order chi connectivity index (χ0) is 8.27. The maximum atomic E-state index is 10.6. The van der Waals surface area contributed by atoms with Crippen LogP contribution >= 0.6 is 0 Å². The first-order valence-corrected chi connectivity index (χ1v) is 4.19. The van der Waals surface area contributed by atoms with Gasteiger partial charge in [0.1, 0.15) is 6.04 Å². The predicted octanol–water partition coefficient (Wildman–Crippen LogP) is 0.992. The number of carboxylic acid groups (broad SMARTS) is 1. The molecule has 64 valence electrons. The summed E-state index contributed by atoms with van der Waals surface area (Å²) in [5.74, 6) is -0.709. The molecule has 0 aliphatic carbocycles. The van der Waals surface area contributed by atoms with Gasteiger partial charge in [0.15, 0.2) is 0 Å². The maximum absolute atomic E-state index is 10.6. The van der Waals surface area contributed by atoms with Gasteiger partial charge in [-0.3, -0.25) is 4.79 Å². The average Bonchev–Trinajstić information content (AvgIpc) is 2.13. The Morgan fingerprint density at radius 1 is 1.45 bits per heavy atom. The van der Waals surface area contributed by atoms with E-state index >= 15 is 0 Å². The monoisotopic (exact) mass is 157 g/mol. The van der Waals surface area contributed by atoms with Crippen LogP contribution in [0.1, 0.15) is 32.6 Å². The summed E-state index contributed by atoms with van der Waals surface area (Å²) >= 11 is 0. The van der Waals surface area contributed by atoms with E-state index in [1.807, 2.05) is 6.92 Å². The molecule has 0 aromatic rings. The molecule has 3 heteroatoms. The summed E-state index contributed by atoms with van der Waals surface area (Å²) in [4.78, 5) is 10.6. The Balaban J connectivity index is 2.45. The normalized spacial score (nSPS) is 32.8. The molecule has 0 aromatic heterocycles. The number of rotatable bonds is 1. The molecule has 1 rings (SSSR count). The molecule has 0 radical (unpaired) electrons. The minimum Gasteiger partial charge on any atom is -0.480 e. The molecule has 1 aliphatic rings. The van der Waals surface area contributed by atoms with Crippen molar-refractivity contribution in [2.75, 3.05) is 0 Å². The lowest BCUT2D eigenvalue weighted by atomic mass is 10.1. The smallest absolute Gasteiger partial charge is 0.320 e. The van der Waals surface area contributed by atoms with Crippen molar-refractivity contribution in [2.45, 2.75) is 44.7 Å². The van der Waals surface area contributed by atoms with E-state index in [2.05, 4.69) is 5.32 Å². The van der Waals surface area contributed by atoms with Crippen LogP contribution in [0.15, 0.2) is 0 Å². The third-order valence-electron chi connectivity index (χ3n) is 2.16. The molecule has 0 aromatic carbocycles. The molecule has 0 bridgehead atoms. The van der Waals surface area contributed by atoms with E-state index in [0.29, 0.717) is 6.04 Å². The van der Waals surface area contributed by atoms with Crippen molar-refractivity contribution in [3.63, 3.8) is 0 Å². The molecule has 1 fully saturated rings. The number of aliphatic carboxylic acids is 1. The van der Waals surface area contributed by atoms with Crippen LogP contribution in [-0.4, -0.2) is 23.2 Å². The number of carboxylic acids is 1. The van der Waals surface area contributed by atoms with Gasteiger partial charge in [0.2, 0.25) is 0 Å². The lowest BCUT2D eigenvalue weighted by molar-refractivity contribution is -0.139. The second kappa shape index (κ2) is 3.72. The molecular formula is C8H15NO2. The minimum atomic E-state index is -0.709. The lowest BCUT2D eigenvalue weighted by Crippen LogP contribution is -2.40. The van der Waals surface area contributed by atoms with Crippen molar-refractivity contribution in [1.82, 2.24) is 5.32 Å². The van der Waals surface area contributed by atoms with Crippen LogP contribution in [0, 0.1) is 0 Å². The summed E-state index contributed by atoms with van der Waals surface area (Å²) in [5, 5.41) is 11.8. The Hall–Kier alpha value is -0.570. The van der Waals surface area contributed by atoms with Crippen molar-refractivity contribution < 1.29 is 9.90 Å². The lowest BCUT2D eigenvalue weighted by Gasteiger charge is -2.14. The zero-order valence-electron chi connectivity index (χ0n) is 6.84. The van der Waals surface area contributed by atoms with E-state index in [-0.39, 0.29) is 6.04 Å². The molecule has 1 saturated heterocycles. The van der Waals surface area contributed by atoms with Gasteiger partial charge in [-0.25, -0.2) is 0 Å². The third kappa shape index (κ3) is 2.50. The van der Waals surface area contributed by atoms with E-state index in [1.165, 1.54) is 0 Å². The van der Waals surface area contributed by atoms with Crippen LogP contribution in [0.25, 0.3) is 0 Å². The van der Waals surface area contributed by atoms with Crippen LogP contribution < -0.4 is 5.32 Å². The topological polar surface area (TPSA) is 49.3 Å². The molecule has 2 N–H and O–H groups in total. The van der Waals surface area contributed by atoms with Crippen molar-refractivity contribution in [3.05, 3.63) is 0 Å². The van der Waals surface area contributed by atoms with Gasteiger partial charge >= 0.3 is 5.97 Å². The van der Waals surface area contributed by atoms with Crippen LogP contribution in [-0.2, 0) is 4.79 Å². The van der Waals surface area contributed by atoms with Crippen LogP contribution in [0.2, 0.25) is 0 Å². The molecule has 3 nitrogen and oxygen atoms in total. The van der Waals surface area contributed by atoms with E-state index < -0.39 is 5.97 Å². The molecule has 1 unspecified atom stereocenters. The summed E-state index contributed by atoms with van der Waals surface area (Å²) in [6.07, 6.45) is 4.07. The number of carbonyl (C=O) groups is 1. The first-order valence-electron chi connectivity index (χ1n) is 4.19. The summed E-state index contributed by atoms with van der Waals surface area (Å²) in [5.41, 5.74) is 0. The first-order chi connectivity index (χ1) is 5.20. The van der Waals surface area contributed by atoms with Crippen molar-refractivity contribution in [2.24, 2.45) is 0 Å². The minimum absolute atomic E-state index is 0.313.